The number of carbonyl (C=O) groups excluding carboxylic acids is 2. The van der Waals surface area contributed by atoms with Gasteiger partial charge in [-0.15, -0.1) is 11.8 Å². The van der Waals surface area contributed by atoms with Crippen molar-refractivity contribution in [2.24, 2.45) is 0 Å². The number of alkyl halides is 1. The molecule has 32 heavy (non-hydrogen) atoms. The van der Waals surface area contributed by atoms with Gasteiger partial charge in [-0.2, -0.15) is 0 Å². The maximum Gasteiger partial charge on any atom is 0.355 e. The molecule has 2 aromatic rings. The van der Waals surface area contributed by atoms with E-state index >= 15 is 0 Å². The number of hydrogen-bond donors (Lipinski definition) is 1. The Kier molecular flexibility index (Phi) is 5.31. The van der Waals surface area contributed by atoms with Gasteiger partial charge in [-0.05, 0) is 17.7 Å². The topological polar surface area (TPSA) is 128 Å². The predicted octanol–water partition coefficient (Wildman–Crippen LogP) is 2.56. The standard InChI is InChI=1S/C19H15BrN4O6S2/c20-19(14(25)12-7-22-5-6-31-18(22)21-12)16(27)23-13(9-32-17(19)23)15(26)30-8-10-1-3-11(4-2-10)24(28)29/h1-4,7,9,14,17,25H,5-6,8H2/t14?,17-,19+/m1/s1. The van der Waals surface area contributed by atoms with Crippen molar-refractivity contribution in [1.29, 1.82) is 0 Å². The Bertz CT molecular complexity index is 1150. The molecule has 13 heteroatoms. The fraction of sp³-hybridized carbons (Fsp3) is 0.316. The number of non-ortho nitro benzene ring substituents is 1. The fourth-order valence-corrected chi connectivity index (χ4v) is 6.84. The molecule has 4 heterocycles. The Balaban J connectivity index is 1.24. The number of rotatable bonds is 6. The lowest BCUT2D eigenvalue weighted by Gasteiger charge is -2.50. The van der Waals surface area contributed by atoms with Crippen LogP contribution in [0.1, 0.15) is 17.4 Å². The molecule has 1 unspecified atom stereocenters. The maximum atomic E-state index is 13.0. The molecule has 1 aromatic heterocycles. The normalized spacial score (nSPS) is 24.4. The first-order chi connectivity index (χ1) is 15.3. The smallest absolute Gasteiger partial charge is 0.355 e. The van der Waals surface area contributed by atoms with Gasteiger partial charge in [-0.1, -0.05) is 27.7 Å². The third kappa shape index (κ3) is 3.26. The summed E-state index contributed by atoms with van der Waals surface area (Å²) in [6.45, 7) is 0.713. The average Bonchev–Trinajstić information content (AvgIpc) is 3.50. The second-order valence-corrected chi connectivity index (χ2v) is 10.7. The first kappa shape index (κ1) is 21.5. The summed E-state index contributed by atoms with van der Waals surface area (Å²) in [6, 6.07) is 5.66. The molecule has 0 radical (unpaired) electrons. The monoisotopic (exact) mass is 538 g/mol. The number of ether oxygens (including phenoxy) is 1. The number of carbonyl (C=O) groups is 2. The van der Waals surface area contributed by atoms with E-state index in [2.05, 4.69) is 20.9 Å². The van der Waals surface area contributed by atoms with Crippen LogP contribution in [-0.2, 0) is 27.5 Å². The zero-order valence-electron chi connectivity index (χ0n) is 16.2. The highest BCUT2D eigenvalue weighted by Gasteiger charge is 2.68. The lowest BCUT2D eigenvalue weighted by atomic mass is 9.89. The molecule has 166 valence electrons. The molecule has 0 bridgehead atoms. The highest BCUT2D eigenvalue weighted by Crippen LogP contribution is 2.57. The maximum absolute atomic E-state index is 13.0. The highest BCUT2D eigenvalue weighted by molar-refractivity contribution is 9.10. The number of benzene rings is 1. The number of β-lactam (4-membered cyclic amide) rings is 1. The Hall–Kier alpha value is -2.35. The van der Waals surface area contributed by atoms with Crippen molar-refractivity contribution in [1.82, 2.24) is 14.5 Å². The second-order valence-electron chi connectivity index (χ2n) is 7.33. The molecular formula is C19H15BrN4O6S2. The summed E-state index contributed by atoms with van der Waals surface area (Å²) in [5, 5.41) is 23.5. The summed E-state index contributed by atoms with van der Waals surface area (Å²) in [4.78, 5) is 41.5. The van der Waals surface area contributed by atoms with Crippen molar-refractivity contribution < 1.29 is 24.4 Å². The van der Waals surface area contributed by atoms with Gasteiger partial charge in [0.15, 0.2) is 9.48 Å². The Morgan fingerprint density at radius 3 is 2.88 bits per heavy atom. The lowest BCUT2D eigenvalue weighted by molar-refractivity contribution is -0.384. The number of nitro benzene ring substituents is 1. The van der Waals surface area contributed by atoms with Crippen molar-refractivity contribution >= 4 is 57.0 Å². The van der Waals surface area contributed by atoms with Crippen molar-refractivity contribution in [3.63, 3.8) is 0 Å². The molecule has 3 aliphatic heterocycles. The number of aliphatic hydroxyl groups excluding tert-OH is 1. The minimum atomic E-state index is -1.30. The Morgan fingerprint density at radius 2 is 2.19 bits per heavy atom. The van der Waals surface area contributed by atoms with Crippen LogP contribution in [0.15, 0.2) is 46.7 Å². The zero-order chi connectivity index (χ0) is 22.6. The number of aliphatic hydroxyl groups is 1. The number of nitro groups is 1. The van der Waals surface area contributed by atoms with E-state index in [0.29, 0.717) is 11.3 Å². The summed E-state index contributed by atoms with van der Waals surface area (Å²) in [7, 11) is 0. The van der Waals surface area contributed by atoms with Crippen LogP contribution in [-0.4, -0.2) is 51.8 Å². The summed E-state index contributed by atoms with van der Waals surface area (Å²) in [6.07, 6.45) is 0.581. The molecule has 10 nitrogen and oxygen atoms in total. The van der Waals surface area contributed by atoms with Gasteiger partial charge in [0.1, 0.15) is 23.8 Å². The number of thioether (sulfide) groups is 2. The van der Waals surface area contributed by atoms with Crippen LogP contribution in [0.2, 0.25) is 0 Å². The van der Waals surface area contributed by atoms with E-state index in [4.69, 9.17) is 4.74 Å². The molecule has 0 spiro atoms. The molecule has 1 N–H and O–H groups in total. The van der Waals surface area contributed by atoms with E-state index in [1.54, 1.807) is 23.4 Å². The minimum Gasteiger partial charge on any atom is -0.456 e. The molecule has 0 aliphatic carbocycles. The minimum absolute atomic E-state index is 0.0576. The van der Waals surface area contributed by atoms with Crippen LogP contribution >= 0.6 is 39.5 Å². The third-order valence-corrected chi connectivity index (χ3v) is 9.11. The van der Waals surface area contributed by atoms with Crippen LogP contribution in [0, 0.1) is 10.1 Å². The third-order valence-electron chi connectivity index (χ3n) is 5.43. The van der Waals surface area contributed by atoms with Crippen molar-refractivity contribution in [3.8, 4) is 0 Å². The number of hydrogen-bond acceptors (Lipinski definition) is 9. The van der Waals surface area contributed by atoms with E-state index in [1.807, 2.05) is 4.57 Å². The Morgan fingerprint density at radius 1 is 1.44 bits per heavy atom. The number of aryl methyl sites for hydroxylation is 1. The first-order valence-corrected chi connectivity index (χ1v) is 12.2. The molecule has 1 fully saturated rings. The number of fused-ring (bicyclic) bond motifs is 2. The zero-order valence-corrected chi connectivity index (χ0v) is 19.4. The van der Waals surface area contributed by atoms with Gasteiger partial charge in [0, 0.05) is 36.0 Å². The molecule has 1 aromatic carbocycles. The number of aromatic nitrogens is 2. The Labute approximate surface area is 198 Å². The summed E-state index contributed by atoms with van der Waals surface area (Å²) >= 11 is 6.26. The van der Waals surface area contributed by atoms with Crippen LogP contribution < -0.4 is 0 Å². The van der Waals surface area contributed by atoms with Gasteiger partial charge in [0.25, 0.3) is 11.6 Å². The molecule has 3 aliphatic rings. The van der Waals surface area contributed by atoms with Gasteiger partial charge in [-0.3, -0.25) is 19.8 Å². The molecule has 1 saturated heterocycles. The van der Waals surface area contributed by atoms with Crippen LogP contribution in [0.25, 0.3) is 0 Å². The molecular weight excluding hydrogens is 524 g/mol. The average molecular weight is 539 g/mol. The number of halogens is 1. The highest BCUT2D eigenvalue weighted by atomic mass is 79.9. The predicted molar refractivity (Wildman–Crippen MR) is 119 cm³/mol. The van der Waals surface area contributed by atoms with Gasteiger partial charge in [0.2, 0.25) is 0 Å². The van der Waals surface area contributed by atoms with Crippen molar-refractivity contribution in [3.05, 3.63) is 62.9 Å². The van der Waals surface area contributed by atoms with Crippen molar-refractivity contribution in [2.45, 2.75) is 34.1 Å². The molecule has 3 atom stereocenters. The van der Waals surface area contributed by atoms with E-state index in [9.17, 15) is 24.8 Å². The number of nitrogens with zero attached hydrogens (tertiary/aromatic N) is 4. The van der Waals surface area contributed by atoms with Gasteiger partial charge in [0.05, 0.1) is 10.6 Å². The van der Waals surface area contributed by atoms with E-state index in [0.717, 1.165) is 17.5 Å². The van der Waals surface area contributed by atoms with Gasteiger partial charge >= 0.3 is 5.97 Å². The fourth-order valence-electron chi connectivity index (χ4n) is 3.71. The van der Waals surface area contributed by atoms with Gasteiger partial charge in [-0.25, -0.2) is 9.78 Å². The summed E-state index contributed by atoms with van der Waals surface area (Å²) < 4.78 is 5.94. The lowest BCUT2D eigenvalue weighted by Crippen LogP contribution is -2.70. The number of imidazole rings is 1. The molecule has 1 amide bonds. The summed E-state index contributed by atoms with van der Waals surface area (Å²) in [5.74, 6) is -0.203. The SMILES string of the molecule is O=C(OCc1ccc([N+](=O)[O-])cc1)C1=CS[C@H]2N1C(=O)[C@@]2(Br)C(O)c1cn2c(n1)SCC2. The summed E-state index contributed by atoms with van der Waals surface area (Å²) in [5.41, 5.74) is 1.03. The van der Waals surface area contributed by atoms with Crippen LogP contribution in [0.3, 0.4) is 0 Å². The molecule has 0 saturated carbocycles. The van der Waals surface area contributed by atoms with Crippen LogP contribution in [0.5, 0.6) is 0 Å². The largest absolute Gasteiger partial charge is 0.456 e. The van der Waals surface area contributed by atoms with E-state index in [1.165, 1.54) is 40.9 Å². The quantitative estimate of drug-likeness (QED) is 0.194. The van der Waals surface area contributed by atoms with Crippen LogP contribution in [0.4, 0.5) is 5.69 Å². The van der Waals surface area contributed by atoms with E-state index < -0.39 is 32.6 Å². The number of amides is 1. The van der Waals surface area contributed by atoms with E-state index in [-0.39, 0.29) is 18.0 Å². The first-order valence-electron chi connectivity index (χ1n) is 9.47. The second kappa shape index (κ2) is 7.90. The number of esters is 1. The van der Waals surface area contributed by atoms with Gasteiger partial charge < -0.3 is 14.4 Å². The molecule has 5 rings (SSSR count). The van der Waals surface area contributed by atoms with Crippen molar-refractivity contribution in [2.75, 3.05) is 5.75 Å².